The molecule has 0 spiro atoms. The van der Waals surface area contributed by atoms with E-state index in [1.807, 2.05) is 11.8 Å². The number of hydrogen-bond donors (Lipinski definition) is 1. The topological polar surface area (TPSA) is 49.8 Å². The van der Waals surface area contributed by atoms with Crippen molar-refractivity contribution in [3.8, 4) is 0 Å². The minimum atomic E-state index is -2.54. The largest absolute Gasteiger partial charge is 0.394 e. The van der Waals surface area contributed by atoms with E-state index in [9.17, 15) is 9.90 Å². The van der Waals surface area contributed by atoms with E-state index < -0.39 is 12.6 Å². The van der Waals surface area contributed by atoms with Crippen LogP contribution in [-0.2, 0) is 9.53 Å². The van der Waals surface area contributed by atoms with Gasteiger partial charge in [0.15, 0.2) is 5.78 Å². The molecular weight excluding hydrogens is 194 g/mol. The molecule has 3 heterocycles. The first kappa shape index (κ1) is 7.76. The van der Waals surface area contributed by atoms with Crippen LogP contribution >= 0.6 is 0 Å². The lowest BCUT2D eigenvalue weighted by molar-refractivity contribution is -0.164. The van der Waals surface area contributed by atoms with Crippen LogP contribution in [0.1, 0.15) is 23.9 Å². The van der Waals surface area contributed by atoms with Gasteiger partial charge in [-0.15, -0.1) is 0 Å². The number of aliphatic hydroxyl groups is 1. The monoisotopic (exact) mass is 216 g/mol. The number of aliphatic hydroxyl groups excluding tert-OH is 1. The molecule has 1 N–H and O–H groups in total. The van der Waals surface area contributed by atoms with Crippen LogP contribution in [0.4, 0.5) is 0 Å². The molecule has 86 valence electrons. The highest BCUT2D eigenvalue weighted by Gasteiger charge is 2.55. The molecular formula is C11H19NO3. The fraction of sp³-hybridized carbons (Fsp3) is 0.909. The van der Waals surface area contributed by atoms with Gasteiger partial charge in [0.1, 0.15) is 5.54 Å². The van der Waals surface area contributed by atoms with Gasteiger partial charge in [-0.25, -0.2) is 0 Å². The summed E-state index contributed by atoms with van der Waals surface area (Å²) in [6.45, 7) is 2.06. The molecule has 3 aliphatic heterocycles. The van der Waals surface area contributed by atoms with E-state index >= 15 is 0 Å². The van der Waals surface area contributed by atoms with Crippen molar-refractivity contribution in [1.29, 1.82) is 0 Å². The van der Waals surface area contributed by atoms with Crippen LogP contribution in [0.2, 0.25) is 0 Å². The molecule has 1 unspecified atom stereocenters. The summed E-state index contributed by atoms with van der Waals surface area (Å²) in [6.07, 6.45) is 1.58. The number of methoxy groups -OCH3 is 1. The summed E-state index contributed by atoms with van der Waals surface area (Å²) in [4.78, 5) is 14.2. The van der Waals surface area contributed by atoms with Gasteiger partial charge in [0.2, 0.25) is 0 Å². The zero-order valence-electron chi connectivity index (χ0n) is 11.9. The first-order valence-corrected chi connectivity index (χ1v) is 5.36. The van der Waals surface area contributed by atoms with Crippen molar-refractivity contribution in [2.24, 2.45) is 5.92 Å². The van der Waals surface area contributed by atoms with Crippen LogP contribution in [0.5, 0.6) is 0 Å². The first-order chi connectivity index (χ1) is 8.30. The molecule has 3 aliphatic rings. The third-order valence-electron chi connectivity index (χ3n) is 3.83. The number of Topliss-reactive ketones (excluding diaryl/α,β-unsaturated/α-hetero) is 1. The van der Waals surface area contributed by atoms with Crippen molar-refractivity contribution in [2.45, 2.75) is 31.3 Å². The van der Waals surface area contributed by atoms with E-state index in [0.717, 1.165) is 12.8 Å². The molecule has 3 saturated heterocycles. The molecule has 0 amide bonds. The summed E-state index contributed by atoms with van der Waals surface area (Å²) in [5.41, 5.74) is -1.16. The summed E-state index contributed by atoms with van der Waals surface area (Å²) in [6, 6.07) is 0.175. The van der Waals surface area contributed by atoms with Gasteiger partial charge in [0.25, 0.3) is 0 Å². The maximum atomic E-state index is 12.3. The fourth-order valence-corrected chi connectivity index (χ4v) is 3.06. The summed E-state index contributed by atoms with van der Waals surface area (Å²) in [7, 11) is -2.54. The number of ketones is 1. The van der Waals surface area contributed by atoms with Crippen molar-refractivity contribution in [2.75, 3.05) is 26.8 Å². The van der Waals surface area contributed by atoms with Gasteiger partial charge < -0.3 is 9.84 Å². The van der Waals surface area contributed by atoms with Gasteiger partial charge in [0, 0.05) is 25.5 Å². The van der Waals surface area contributed by atoms with Crippen molar-refractivity contribution < 1.29 is 18.8 Å². The number of carbonyl (C=O) groups is 1. The molecule has 0 aromatic carbocycles. The Morgan fingerprint density at radius 3 is 3.20 bits per heavy atom. The van der Waals surface area contributed by atoms with Gasteiger partial charge in [-0.1, -0.05) is 0 Å². The second-order valence-corrected chi connectivity index (χ2v) is 4.61. The fourth-order valence-electron chi connectivity index (χ4n) is 3.06. The van der Waals surface area contributed by atoms with Gasteiger partial charge in [0.05, 0.1) is 17.3 Å². The highest BCUT2D eigenvalue weighted by molar-refractivity contribution is 5.92. The highest BCUT2D eigenvalue weighted by atomic mass is 16.5. The van der Waals surface area contributed by atoms with Crippen molar-refractivity contribution in [3.05, 3.63) is 0 Å². The predicted octanol–water partition coefficient (Wildman–Crippen LogP) is 0.0471. The number of nitrogens with zero attached hydrogens (tertiary/aromatic N) is 1. The van der Waals surface area contributed by atoms with Gasteiger partial charge in [-0.05, 0) is 19.8 Å². The molecule has 4 heteroatoms. The van der Waals surface area contributed by atoms with Crippen LogP contribution in [0.25, 0.3) is 0 Å². The van der Waals surface area contributed by atoms with Crippen LogP contribution in [-0.4, -0.2) is 54.2 Å². The average Bonchev–Trinajstić information content (AvgIpc) is 2.29. The van der Waals surface area contributed by atoms with E-state index in [1.165, 1.54) is 0 Å². The summed E-state index contributed by atoms with van der Waals surface area (Å²) >= 11 is 0. The van der Waals surface area contributed by atoms with E-state index in [4.69, 9.17) is 8.85 Å². The molecule has 2 bridgehead atoms. The van der Waals surface area contributed by atoms with Crippen LogP contribution in [0.15, 0.2) is 0 Å². The average molecular weight is 216 g/mol. The molecule has 0 aromatic rings. The summed E-state index contributed by atoms with van der Waals surface area (Å²) in [5.74, 6) is -0.143. The van der Waals surface area contributed by atoms with E-state index in [0.29, 0.717) is 6.54 Å². The van der Waals surface area contributed by atoms with Gasteiger partial charge >= 0.3 is 0 Å². The second kappa shape index (κ2) is 3.85. The van der Waals surface area contributed by atoms with Crippen molar-refractivity contribution >= 4 is 5.78 Å². The third-order valence-corrected chi connectivity index (χ3v) is 3.83. The van der Waals surface area contributed by atoms with E-state index in [-0.39, 0.29) is 31.0 Å². The van der Waals surface area contributed by atoms with Crippen molar-refractivity contribution in [3.63, 3.8) is 0 Å². The molecule has 3 fully saturated rings. The Balaban J connectivity index is 2.22. The number of fused-ring (bicyclic) bond motifs is 3. The van der Waals surface area contributed by atoms with Gasteiger partial charge in [-0.3, -0.25) is 9.69 Å². The van der Waals surface area contributed by atoms with E-state index in [2.05, 4.69) is 0 Å². The molecule has 15 heavy (non-hydrogen) atoms. The Kier molecular flexibility index (Phi) is 1.99. The molecule has 3 rings (SSSR count). The number of rotatable bonds is 3. The van der Waals surface area contributed by atoms with Crippen LogP contribution < -0.4 is 0 Å². The van der Waals surface area contributed by atoms with E-state index in [1.54, 1.807) is 0 Å². The maximum Gasteiger partial charge on any atom is 0.161 e. The molecule has 0 aromatic heterocycles. The highest BCUT2D eigenvalue weighted by Crippen LogP contribution is 2.39. The van der Waals surface area contributed by atoms with Crippen LogP contribution in [0.3, 0.4) is 0 Å². The Hall–Kier alpha value is -0.450. The molecule has 0 saturated carbocycles. The number of ether oxygens (including phenoxy) is 1. The number of hydrogen-bond acceptors (Lipinski definition) is 4. The summed E-state index contributed by atoms with van der Waals surface area (Å²) in [5, 5.41) is 9.62. The minimum Gasteiger partial charge on any atom is -0.394 e. The lowest BCUT2D eigenvalue weighted by atomic mass is 9.71. The molecule has 0 aliphatic carbocycles. The second-order valence-electron chi connectivity index (χ2n) is 4.61. The Labute approximate surface area is 94.4 Å². The zero-order chi connectivity index (χ0) is 13.6. The first-order valence-electron chi connectivity index (χ1n) is 6.86. The lowest BCUT2D eigenvalue weighted by Crippen LogP contribution is -2.71. The minimum absolute atomic E-state index is 0.0707. The smallest absolute Gasteiger partial charge is 0.161 e. The zero-order valence-corrected chi connectivity index (χ0v) is 8.90. The summed E-state index contributed by atoms with van der Waals surface area (Å²) < 4.78 is 26.0. The lowest BCUT2D eigenvalue weighted by Gasteiger charge is -2.55. The maximum absolute atomic E-state index is 12.3. The van der Waals surface area contributed by atoms with Crippen molar-refractivity contribution in [1.82, 2.24) is 4.90 Å². The predicted molar refractivity (Wildman–Crippen MR) is 55.6 cm³/mol. The normalized spacial score (nSPS) is 48.5. The standard InChI is InChI=1S/C11H19NO3/c1-8-5-9-3-4-12(8)11(6-13,7-15-2)10(9)14/h8-9,13H,3-7H2,1-2H3/t8-,9-,11-/m1/s1/i2D3. The van der Waals surface area contributed by atoms with Gasteiger partial charge in [-0.2, -0.15) is 0 Å². The Bertz CT molecular complexity index is 347. The molecule has 4 atom stereocenters. The SMILES string of the molecule is [2H]C([2H])([2H])OC[C@]1(CO)C(=O)[C@@H]2CCN1[C@H](C)C2. The number of piperidine rings is 3. The molecule has 4 nitrogen and oxygen atoms in total. The molecule has 0 radical (unpaired) electrons. The Morgan fingerprint density at radius 1 is 1.80 bits per heavy atom. The third kappa shape index (κ3) is 1.43. The number of carbonyl (C=O) groups excluding carboxylic acids is 1. The van der Waals surface area contributed by atoms with Crippen LogP contribution in [0, 0.1) is 5.92 Å². The quantitative estimate of drug-likeness (QED) is 0.724. The Morgan fingerprint density at radius 2 is 2.60 bits per heavy atom.